The van der Waals surface area contributed by atoms with Crippen LogP contribution in [0.5, 0.6) is 0 Å². The Labute approximate surface area is 227 Å². The maximum absolute atomic E-state index is 12.3. The van der Waals surface area contributed by atoms with Gasteiger partial charge in [0.2, 0.25) is 6.41 Å². The van der Waals surface area contributed by atoms with Crippen LogP contribution in [0.3, 0.4) is 0 Å². The highest BCUT2D eigenvalue weighted by Crippen LogP contribution is 2.40. The van der Waals surface area contributed by atoms with Crippen LogP contribution in [0.2, 0.25) is 0 Å². The normalized spacial score (nSPS) is 12.0. The summed E-state index contributed by atoms with van der Waals surface area (Å²) in [6.45, 7) is 0.198. The minimum atomic E-state index is -1.08. The van der Waals surface area contributed by atoms with Crippen LogP contribution in [0.15, 0.2) is 134 Å². The minimum absolute atomic E-state index is 0.0718. The lowest BCUT2D eigenvalue weighted by Gasteiger charge is -2.37. The zero-order valence-electron chi connectivity index (χ0n) is 21.4. The number of hydrogen-bond acceptors (Lipinski definition) is 3. The summed E-state index contributed by atoms with van der Waals surface area (Å²) in [6, 6.07) is 38.9. The lowest BCUT2D eigenvalue weighted by Crippen LogP contribution is -2.41. The first kappa shape index (κ1) is 25.7. The van der Waals surface area contributed by atoms with E-state index in [1.807, 2.05) is 95.7 Å². The summed E-state index contributed by atoms with van der Waals surface area (Å²) in [5, 5.41) is 10.1. The molecule has 0 bridgehead atoms. The first-order valence-corrected chi connectivity index (χ1v) is 12.8. The molecular weight excluding hydrogens is 486 g/mol. The molecule has 1 heterocycles. The van der Waals surface area contributed by atoms with Crippen molar-refractivity contribution in [2.24, 2.45) is 0 Å². The van der Waals surface area contributed by atoms with Gasteiger partial charge >= 0.3 is 5.97 Å². The molecule has 0 unspecified atom stereocenters. The van der Waals surface area contributed by atoms with Gasteiger partial charge < -0.3 is 14.6 Å². The van der Waals surface area contributed by atoms with Crippen LogP contribution in [0, 0.1) is 0 Å². The largest absolute Gasteiger partial charge is 0.480 e. The van der Waals surface area contributed by atoms with Crippen molar-refractivity contribution in [1.29, 1.82) is 0 Å². The van der Waals surface area contributed by atoms with Gasteiger partial charge in [0.1, 0.15) is 11.6 Å². The Kier molecular flexibility index (Phi) is 7.64. The van der Waals surface area contributed by atoms with E-state index < -0.39 is 17.6 Å². The predicted molar refractivity (Wildman–Crippen MR) is 150 cm³/mol. The van der Waals surface area contributed by atoms with Gasteiger partial charge in [-0.1, -0.05) is 121 Å². The SMILES string of the molecule is O=CN(Cc1ccccc1)[C@@H](Cc1cn(C(c2ccccc2)(c2ccccc2)c2ccccc2)cn1)C(=O)O. The fourth-order valence-electron chi connectivity index (χ4n) is 5.20. The summed E-state index contributed by atoms with van der Waals surface area (Å²) in [4.78, 5) is 30.3. The number of carboxylic acids is 1. The van der Waals surface area contributed by atoms with Gasteiger partial charge in [-0.15, -0.1) is 0 Å². The zero-order chi connectivity index (χ0) is 27.1. The third-order valence-corrected chi connectivity index (χ3v) is 7.03. The number of carbonyl (C=O) groups excluding carboxylic acids is 1. The van der Waals surface area contributed by atoms with Gasteiger partial charge in [-0.2, -0.15) is 0 Å². The molecule has 5 rings (SSSR count). The third kappa shape index (κ3) is 5.22. The average molecular weight is 516 g/mol. The highest BCUT2D eigenvalue weighted by molar-refractivity contribution is 5.76. The molecule has 39 heavy (non-hydrogen) atoms. The molecule has 5 aromatic rings. The second-order valence-electron chi connectivity index (χ2n) is 9.40. The third-order valence-electron chi connectivity index (χ3n) is 7.03. The number of hydrogen-bond donors (Lipinski definition) is 1. The molecule has 6 nitrogen and oxygen atoms in total. The molecule has 1 aromatic heterocycles. The number of amides is 1. The van der Waals surface area contributed by atoms with Crippen LogP contribution in [-0.2, 0) is 28.1 Å². The number of carboxylic acid groups (broad SMARTS) is 1. The lowest BCUT2D eigenvalue weighted by atomic mass is 9.77. The van der Waals surface area contributed by atoms with E-state index in [2.05, 4.69) is 41.4 Å². The van der Waals surface area contributed by atoms with E-state index in [0.717, 1.165) is 22.3 Å². The van der Waals surface area contributed by atoms with Crippen molar-refractivity contribution in [3.05, 3.63) is 162 Å². The highest BCUT2D eigenvalue weighted by atomic mass is 16.4. The molecule has 0 saturated heterocycles. The van der Waals surface area contributed by atoms with Crippen molar-refractivity contribution < 1.29 is 14.7 Å². The Hall–Kier alpha value is -4.97. The molecule has 0 spiro atoms. The van der Waals surface area contributed by atoms with Gasteiger partial charge in [0, 0.05) is 19.2 Å². The van der Waals surface area contributed by atoms with Crippen molar-refractivity contribution in [3.8, 4) is 0 Å². The maximum Gasteiger partial charge on any atom is 0.326 e. The number of imidazole rings is 1. The summed E-state index contributed by atoms with van der Waals surface area (Å²) < 4.78 is 2.05. The van der Waals surface area contributed by atoms with E-state index in [0.29, 0.717) is 12.1 Å². The molecule has 6 heteroatoms. The van der Waals surface area contributed by atoms with E-state index in [9.17, 15) is 14.7 Å². The Morgan fingerprint density at radius 1 is 0.795 bits per heavy atom. The first-order chi connectivity index (χ1) is 19.1. The van der Waals surface area contributed by atoms with E-state index in [4.69, 9.17) is 0 Å². The zero-order valence-corrected chi connectivity index (χ0v) is 21.4. The Morgan fingerprint density at radius 2 is 1.26 bits per heavy atom. The highest BCUT2D eigenvalue weighted by Gasteiger charge is 2.38. The first-order valence-electron chi connectivity index (χ1n) is 12.8. The molecule has 0 aliphatic heterocycles. The van der Waals surface area contributed by atoms with Crippen LogP contribution in [0.25, 0.3) is 0 Å². The number of carbonyl (C=O) groups is 2. The molecule has 0 radical (unpaired) electrons. The lowest BCUT2D eigenvalue weighted by molar-refractivity contribution is -0.146. The average Bonchev–Trinajstić information content (AvgIpc) is 3.46. The van der Waals surface area contributed by atoms with E-state index in [-0.39, 0.29) is 13.0 Å². The second kappa shape index (κ2) is 11.6. The second-order valence-corrected chi connectivity index (χ2v) is 9.40. The molecule has 1 N–H and O–H groups in total. The summed E-state index contributed by atoms with van der Waals surface area (Å²) in [5.41, 5.74) is 3.81. The summed E-state index contributed by atoms with van der Waals surface area (Å²) in [7, 11) is 0. The van der Waals surface area contributed by atoms with Crippen LogP contribution in [-0.4, -0.2) is 38.0 Å². The monoisotopic (exact) mass is 515 g/mol. The fraction of sp³-hybridized carbons (Fsp3) is 0.121. The van der Waals surface area contributed by atoms with Crippen LogP contribution >= 0.6 is 0 Å². The Balaban J connectivity index is 1.59. The van der Waals surface area contributed by atoms with Crippen molar-refractivity contribution in [2.75, 3.05) is 0 Å². The van der Waals surface area contributed by atoms with Gasteiger partial charge in [0.05, 0.1) is 12.0 Å². The fourth-order valence-corrected chi connectivity index (χ4v) is 5.20. The topological polar surface area (TPSA) is 75.4 Å². The number of benzene rings is 4. The molecule has 0 saturated carbocycles. The van der Waals surface area contributed by atoms with Crippen molar-refractivity contribution in [1.82, 2.24) is 14.5 Å². The van der Waals surface area contributed by atoms with Gasteiger partial charge in [0.25, 0.3) is 0 Å². The van der Waals surface area contributed by atoms with Crippen LogP contribution in [0.4, 0.5) is 0 Å². The van der Waals surface area contributed by atoms with Crippen molar-refractivity contribution >= 4 is 12.4 Å². The molecular formula is C33H29N3O3. The van der Waals surface area contributed by atoms with E-state index in [1.54, 1.807) is 6.33 Å². The Bertz CT molecular complexity index is 1410. The van der Waals surface area contributed by atoms with Crippen molar-refractivity contribution in [3.63, 3.8) is 0 Å². The van der Waals surface area contributed by atoms with Gasteiger partial charge in [0.15, 0.2) is 0 Å². The molecule has 1 amide bonds. The summed E-state index contributed by atoms with van der Waals surface area (Å²) in [5.74, 6) is -1.08. The minimum Gasteiger partial charge on any atom is -0.480 e. The standard InChI is InChI=1S/C33H29N3O3/c37-25-35(22-26-13-5-1-6-14-26)31(32(38)39)21-30-23-36(24-34-30)33(27-15-7-2-8-16-27,28-17-9-3-10-18-28)29-19-11-4-12-20-29/h1-20,23-25,31H,21-22H2,(H,38,39)/t31-/m0/s1. The van der Waals surface area contributed by atoms with Gasteiger partial charge in [-0.25, -0.2) is 9.78 Å². The van der Waals surface area contributed by atoms with Gasteiger partial charge in [-0.3, -0.25) is 4.79 Å². The van der Waals surface area contributed by atoms with Gasteiger partial charge in [-0.05, 0) is 22.3 Å². The Morgan fingerprint density at radius 3 is 1.69 bits per heavy atom. The smallest absolute Gasteiger partial charge is 0.326 e. The number of aromatic nitrogens is 2. The van der Waals surface area contributed by atoms with Crippen LogP contribution < -0.4 is 0 Å². The molecule has 0 aliphatic carbocycles. The molecule has 0 fully saturated rings. The summed E-state index contributed by atoms with van der Waals surface area (Å²) in [6.07, 6.45) is 4.32. The molecule has 194 valence electrons. The van der Waals surface area contributed by atoms with E-state index in [1.165, 1.54) is 4.90 Å². The van der Waals surface area contributed by atoms with E-state index >= 15 is 0 Å². The van der Waals surface area contributed by atoms with Crippen LogP contribution in [0.1, 0.15) is 27.9 Å². The molecule has 1 atom stereocenters. The number of nitrogens with zero attached hydrogens (tertiary/aromatic N) is 3. The molecule has 4 aromatic carbocycles. The maximum atomic E-state index is 12.3. The molecule has 0 aliphatic rings. The quantitative estimate of drug-likeness (QED) is 0.189. The summed E-state index contributed by atoms with van der Waals surface area (Å²) >= 11 is 0. The number of aliphatic carboxylic acids is 1. The number of rotatable bonds is 11. The van der Waals surface area contributed by atoms with Crippen molar-refractivity contribution in [2.45, 2.75) is 24.5 Å². The predicted octanol–water partition coefficient (Wildman–Crippen LogP) is 5.38.